The summed E-state index contributed by atoms with van der Waals surface area (Å²) in [5.41, 5.74) is 3.09. The Morgan fingerprint density at radius 2 is 2.00 bits per heavy atom. The maximum absolute atomic E-state index is 10.6. The summed E-state index contributed by atoms with van der Waals surface area (Å²) < 4.78 is 11.7. The van der Waals surface area contributed by atoms with Crippen molar-refractivity contribution in [3.63, 3.8) is 0 Å². The average Bonchev–Trinajstić information content (AvgIpc) is 2.96. The van der Waals surface area contributed by atoms with Gasteiger partial charge in [-0.05, 0) is 91.4 Å². The van der Waals surface area contributed by atoms with Gasteiger partial charge >= 0.3 is 0 Å². The van der Waals surface area contributed by atoms with E-state index in [4.69, 9.17) is 9.47 Å². The molecule has 3 nitrogen and oxygen atoms in total. The summed E-state index contributed by atoms with van der Waals surface area (Å²) >= 11 is 0. The van der Waals surface area contributed by atoms with Crippen LogP contribution in [-0.4, -0.2) is 24.9 Å². The van der Waals surface area contributed by atoms with Crippen LogP contribution in [0.15, 0.2) is 12.1 Å². The summed E-state index contributed by atoms with van der Waals surface area (Å²) in [6.45, 7) is 5.28. The van der Waals surface area contributed by atoms with E-state index in [-0.39, 0.29) is 11.5 Å². The SMILES string of the molecule is CCCCOc1cc2c(cc1OC)[C@H]1CC[C@]3(C)[C@@H](O)CC[C@H]3[C@@H]1CC2. The zero-order valence-corrected chi connectivity index (χ0v) is 16.6. The highest BCUT2D eigenvalue weighted by Gasteiger charge is 2.54. The monoisotopic (exact) mass is 358 g/mol. The highest BCUT2D eigenvalue weighted by Crippen LogP contribution is 2.61. The molecule has 1 aromatic carbocycles. The van der Waals surface area contributed by atoms with Crippen LogP contribution in [0.5, 0.6) is 11.5 Å². The fourth-order valence-electron chi connectivity index (χ4n) is 6.15. The van der Waals surface area contributed by atoms with Crippen molar-refractivity contribution in [2.24, 2.45) is 17.3 Å². The molecule has 0 unspecified atom stereocenters. The Balaban J connectivity index is 1.62. The topological polar surface area (TPSA) is 38.7 Å². The summed E-state index contributed by atoms with van der Waals surface area (Å²) in [7, 11) is 1.75. The van der Waals surface area contributed by atoms with Gasteiger partial charge in [0.15, 0.2) is 11.5 Å². The lowest BCUT2D eigenvalue weighted by Crippen LogP contribution is -2.43. The van der Waals surface area contributed by atoms with Crippen molar-refractivity contribution in [2.45, 2.75) is 77.2 Å². The molecule has 1 aromatic rings. The molecule has 1 N–H and O–H groups in total. The zero-order chi connectivity index (χ0) is 18.3. The van der Waals surface area contributed by atoms with Crippen molar-refractivity contribution < 1.29 is 14.6 Å². The number of aliphatic hydroxyl groups is 1. The van der Waals surface area contributed by atoms with Crippen LogP contribution < -0.4 is 9.47 Å². The maximum atomic E-state index is 10.6. The maximum Gasteiger partial charge on any atom is 0.161 e. The Bertz CT molecular complexity index is 655. The molecule has 3 aliphatic carbocycles. The lowest BCUT2D eigenvalue weighted by atomic mass is 9.55. The molecule has 26 heavy (non-hydrogen) atoms. The molecule has 5 atom stereocenters. The van der Waals surface area contributed by atoms with E-state index in [9.17, 15) is 5.11 Å². The Hall–Kier alpha value is -1.22. The van der Waals surface area contributed by atoms with E-state index < -0.39 is 0 Å². The van der Waals surface area contributed by atoms with Crippen LogP contribution in [0.2, 0.25) is 0 Å². The molecule has 2 fully saturated rings. The van der Waals surface area contributed by atoms with Gasteiger partial charge in [-0.25, -0.2) is 0 Å². The first kappa shape index (κ1) is 18.2. The second kappa shape index (κ2) is 7.07. The molecule has 4 rings (SSSR count). The van der Waals surface area contributed by atoms with Gasteiger partial charge in [0.2, 0.25) is 0 Å². The second-order valence-electron chi connectivity index (χ2n) is 8.96. The molecule has 3 heteroatoms. The normalized spacial score (nSPS) is 35.4. The van der Waals surface area contributed by atoms with Gasteiger partial charge in [-0.15, -0.1) is 0 Å². The molecule has 0 aliphatic heterocycles. The van der Waals surface area contributed by atoms with Gasteiger partial charge in [-0.1, -0.05) is 20.3 Å². The summed E-state index contributed by atoms with van der Waals surface area (Å²) in [6, 6.07) is 4.51. The smallest absolute Gasteiger partial charge is 0.161 e. The molecule has 0 radical (unpaired) electrons. The van der Waals surface area contributed by atoms with Gasteiger partial charge in [0.1, 0.15) is 0 Å². The van der Waals surface area contributed by atoms with Crippen LogP contribution in [0.3, 0.4) is 0 Å². The van der Waals surface area contributed by atoms with Gasteiger partial charge in [0.05, 0.1) is 19.8 Å². The number of aryl methyl sites for hydroxylation is 1. The van der Waals surface area contributed by atoms with Crippen LogP contribution in [-0.2, 0) is 6.42 Å². The van der Waals surface area contributed by atoms with E-state index in [1.165, 1.54) is 30.4 Å². The minimum Gasteiger partial charge on any atom is -0.493 e. The van der Waals surface area contributed by atoms with E-state index in [0.29, 0.717) is 11.8 Å². The first-order valence-electron chi connectivity index (χ1n) is 10.6. The van der Waals surface area contributed by atoms with Crippen molar-refractivity contribution in [2.75, 3.05) is 13.7 Å². The van der Waals surface area contributed by atoms with Gasteiger partial charge in [0.25, 0.3) is 0 Å². The Morgan fingerprint density at radius 3 is 2.77 bits per heavy atom. The predicted molar refractivity (Wildman–Crippen MR) is 104 cm³/mol. The number of hydrogen-bond acceptors (Lipinski definition) is 3. The second-order valence-corrected chi connectivity index (χ2v) is 8.96. The fraction of sp³-hybridized carbons (Fsp3) is 0.739. The molecule has 3 aliphatic rings. The molecule has 0 heterocycles. The zero-order valence-electron chi connectivity index (χ0n) is 16.6. The summed E-state index contributed by atoms with van der Waals surface area (Å²) in [6.07, 6.45) is 9.04. The Labute approximate surface area is 158 Å². The predicted octanol–water partition coefficient (Wildman–Crippen LogP) is 5.09. The number of rotatable bonds is 5. The van der Waals surface area contributed by atoms with Crippen LogP contribution in [0, 0.1) is 17.3 Å². The molecule has 0 bridgehead atoms. The molecule has 0 amide bonds. The number of methoxy groups -OCH3 is 1. The minimum atomic E-state index is -0.0984. The Kier molecular flexibility index (Phi) is 4.94. The number of unbranched alkanes of at least 4 members (excludes halogenated alkanes) is 1. The van der Waals surface area contributed by atoms with Gasteiger partial charge in [-0.2, -0.15) is 0 Å². The van der Waals surface area contributed by atoms with Crippen LogP contribution in [0.4, 0.5) is 0 Å². The largest absolute Gasteiger partial charge is 0.493 e. The first-order chi connectivity index (χ1) is 12.6. The van der Waals surface area contributed by atoms with Gasteiger partial charge < -0.3 is 14.6 Å². The lowest BCUT2D eigenvalue weighted by molar-refractivity contribution is -0.0226. The molecular weight excluding hydrogens is 324 g/mol. The lowest BCUT2D eigenvalue weighted by Gasteiger charge is -2.50. The molecule has 144 valence electrons. The average molecular weight is 359 g/mol. The standard InChI is InChI=1S/C23H34O3/c1-4-5-12-26-21-13-15-6-7-17-16(18(15)14-20(21)25-3)10-11-23(2)19(17)8-9-22(23)24/h13-14,16-17,19,22,24H,4-12H2,1-3H3/t16-,17+,19-,22-,23-/m0/s1. The van der Waals surface area contributed by atoms with Crippen molar-refractivity contribution in [1.29, 1.82) is 0 Å². The van der Waals surface area contributed by atoms with Crippen molar-refractivity contribution in [3.8, 4) is 11.5 Å². The molecule has 0 saturated heterocycles. The number of fused-ring (bicyclic) bond motifs is 5. The molecular formula is C23H34O3. The summed E-state index contributed by atoms with van der Waals surface area (Å²) in [4.78, 5) is 0. The fourth-order valence-corrected chi connectivity index (χ4v) is 6.15. The van der Waals surface area contributed by atoms with Crippen molar-refractivity contribution >= 4 is 0 Å². The van der Waals surface area contributed by atoms with Crippen LogP contribution in [0.1, 0.15) is 75.8 Å². The number of benzene rings is 1. The molecule has 0 spiro atoms. The van der Waals surface area contributed by atoms with E-state index in [0.717, 1.165) is 56.1 Å². The number of ether oxygens (including phenoxy) is 2. The summed E-state index contributed by atoms with van der Waals surface area (Å²) in [5.74, 6) is 3.82. The minimum absolute atomic E-state index is 0.0984. The molecule has 0 aromatic heterocycles. The highest BCUT2D eigenvalue weighted by molar-refractivity contribution is 5.50. The van der Waals surface area contributed by atoms with E-state index >= 15 is 0 Å². The highest BCUT2D eigenvalue weighted by atomic mass is 16.5. The van der Waals surface area contributed by atoms with Crippen LogP contribution >= 0.6 is 0 Å². The summed E-state index contributed by atoms with van der Waals surface area (Å²) in [5, 5.41) is 10.6. The Morgan fingerprint density at radius 1 is 1.15 bits per heavy atom. The third kappa shape index (κ3) is 2.83. The van der Waals surface area contributed by atoms with Crippen molar-refractivity contribution in [1.82, 2.24) is 0 Å². The van der Waals surface area contributed by atoms with Crippen LogP contribution in [0.25, 0.3) is 0 Å². The van der Waals surface area contributed by atoms with Gasteiger partial charge in [-0.3, -0.25) is 0 Å². The number of hydrogen-bond donors (Lipinski definition) is 1. The quantitative estimate of drug-likeness (QED) is 0.745. The van der Waals surface area contributed by atoms with Gasteiger partial charge in [0, 0.05) is 0 Å². The van der Waals surface area contributed by atoms with E-state index in [1.54, 1.807) is 7.11 Å². The third-order valence-electron chi connectivity index (χ3n) is 7.71. The van der Waals surface area contributed by atoms with E-state index in [2.05, 4.69) is 26.0 Å². The first-order valence-corrected chi connectivity index (χ1v) is 10.6. The van der Waals surface area contributed by atoms with E-state index in [1.807, 2.05) is 0 Å². The third-order valence-corrected chi connectivity index (χ3v) is 7.71. The van der Waals surface area contributed by atoms with Crippen molar-refractivity contribution in [3.05, 3.63) is 23.3 Å². The number of aliphatic hydroxyl groups excluding tert-OH is 1. The molecule has 2 saturated carbocycles.